The highest BCUT2D eigenvalue weighted by Crippen LogP contribution is 1.99. The predicted molar refractivity (Wildman–Crippen MR) is 68.2 cm³/mol. The molecule has 0 radical (unpaired) electrons. The Labute approximate surface area is 95.8 Å². The van der Waals surface area contributed by atoms with Crippen molar-refractivity contribution in [3.05, 3.63) is 0 Å². The van der Waals surface area contributed by atoms with Crippen LogP contribution in [-0.2, 0) is 4.79 Å². The molecule has 0 aliphatic rings. The molecule has 92 valence electrons. The second kappa shape index (κ2) is 11.7. The van der Waals surface area contributed by atoms with E-state index >= 15 is 0 Å². The predicted octanol–water partition coefficient (Wildman–Crippen LogP) is 3.41. The van der Waals surface area contributed by atoms with Gasteiger partial charge in [-0.2, -0.15) is 0 Å². The fraction of sp³-hybridized carbons (Fsp3) is 0.923. The monoisotopic (exact) mass is 215 g/mol. The molecule has 2 nitrogen and oxygen atoms in total. The first-order valence-electron chi connectivity index (χ1n) is 6.23. The van der Waals surface area contributed by atoms with E-state index < -0.39 is 0 Å². The number of rotatable bonds is 6. The van der Waals surface area contributed by atoms with Crippen molar-refractivity contribution in [1.82, 2.24) is 5.32 Å². The lowest BCUT2D eigenvalue weighted by Crippen LogP contribution is -2.25. The molecular weight excluding hydrogens is 186 g/mol. The minimum absolute atomic E-state index is 0.264. The van der Waals surface area contributed by atoms with Gasteiger partial charge >= 0.3 is 0 Å². The third kappa shape index (κ3) is 13.6. The van der Waals surface area contributed by atoms with Crippen molar-refractivity contribution in [1.29, 1.82) is 0 Å². The lowest BCUT2D eigenvalue weighted by Gasteiger charge is -2.08. The van der Waals surface area contributed by atoms with Gasteiger partial charge in [-0.3, -0.25) is 4.79 Å². The second-order valence-corrected chi connectivity index (χ2v) is 4.18. The molecule has 0 rings (SSSR count). The van der Waals surface area contributed by atoms with Gasteiger partial charge in [-0.1, -0.05) is 27.7 Å². The van der Waals surface area contributed by atoms with Gasteiger partial charge in [0.25, 0.3) is 0 Å². The van der Waals surface area contributed by atoms with Crippen LogP contribution in [0.3, 0.4) is 0 Å². The van der Waals surface area contributed by atoms with Gasteiger partial charge in [0.2, 0.25) is 0 Å². The maximum atomic E-state index is 10.4. The summed E-state index contributed by atoms with van der Waals surface area (Å²) in [5, 5.41) is 3.38. The molecule has 0 aromatic carbocycles. The number of ketones is 1. The first-order valence-corrected chi connectivity index (χ1v) is 6.23. The molecule has 2 atom stereocenters. The normalized spacial score (nSPS) is 13.7. The molecule has 0 saturated carbocycles. The van der Waals surface area contributed by atoms with Crippen molar-refractivity contribution in [2.24, 2.45) is 5.92 Å². The Kier molecular flexibility index (Phi) is 13.3. The van der Waals surface area contributed by atoms with E-state index in [0.717, 1.165) is 13.0 Å². The Hall–Kier alpha value is -0.370. The molecule has 2 heteroatoms. The molecule has 1 N–H and O–H groups in total. The van der Waals surface area contributed by atoms with Crippen molar-refractivity contribution in [2.45, 2.75) is 66.8 Å². The third-order valence-electron chi connectivity index (χ3n) is 2.66. The van der Waals surface area contributed by atoms with E-state index in [9.17, 15) is 4.79 Å². The van der Waals surface area contributed by atoms with Crippen molar-refractivity contribution in [2.75, 3.05) is 6.54 Å². The fourth-order valence-corrected chi connectivity index (χ4v) is 0.823. The smallest absolute Gasteiger partial charge is 0.132 e. The lowest BCUT2D eigenvalue weighted by atomic mass is 10.1. The van der Waals surface area contributed by atoms with Crippen LogP contribution in [0.4, 0.5) is 0 Å². The largest absolute Gasteiger partial charge is 0.314 e. The van der Waals surface area contributed by atoms with Gasteiger partial charge in [0.1, 0.15) is 5.78 Å². The zero-order valence-corrected chi connectivity index (χ0v) is 11.4. The van der Waals surface area contributed by atoms with E-state index in [0.29, 0.717) is 11.8 Å². The summed E-state index contributed by atoms with van der Waals surface area (Å²) in [6, 6.07) is 0.704. The quantitative estimate of drug-likeness (QED) is 0.735. The van der Waals surface area contributed by atoms with E-state index in [-0.39, 0.29) is 5.92 Å². The van der Waals surface area contributed by atoms with Crippen molar-refractivity contribution >= 4 is 5.78 Å². The third-order valence-corrected chi connectivity index (χ3v) is 2.66. The van der Waals surface area contributed by atoms with Gasteiger partial charge < -0.3 is 5.32 Å². The van der Waals surface area contributed by atoms with Crippen LogP contribution in [0.5, 0.6) is 0 Å². The van der Waals surface area contributed by atoms with E-state index in [1.165, 1.54) is 12.8 Å². The zero-order chi connectivity index (χ0) is 12.3. The molecule has 0 bridgehead atoms. The second-order valence-electron chi connectivity index (χ2n) is 4.18. The average Bonchev–Trinajstić information content (AvgIpc) is 2.25. The molecule has 0 saturated heterocycles. The standard InChI is InChI=1S/C7H17N.C6H12O/c1-4-6-8-7(3)5-2;1-4-5(2)6(3)7/h7-8H,4-6H2,1-3H3;5H,4H2,1-3H3. The first-order chi connectivity index (χ1) is 6.99. The summed E-state index contributed by atoms with van der Waals surface area (Å²) >= 11 is 0. The van der Waals surface area contributed by atoms with E-state index in [2.05, 4.69) is 26.1 Å². The Bertz CT molecular complexity index is 145. The lowest BCUT2D eigenvalue weighted by molar-refractivity contribution is -0.120. The number of Topliss-reactive ketones (excluding diaryl/α,β-unsaturated/α-hetero) is 1. The summed E-state index contributed by atoms with van der Waals surface area (Å²) in [6.07, 6.45) is 3.44. The van der Waals surface area contributed by atoms with Gasteiger partial charge in [0, 0.05) is 12.0 Å². The Morgan fingerprint density at radius 3 is 1.87 bits per heavy atom. The van der Waals surface area contributed by atoms with Crippen molar-refractivity contribution in [3.8, 4) is 0 Å². The summed E-state index contributed by atoms with van der Waals surface area (Å²) in [7, 11) is 0. The molecule has 0 aliphatic heterocycles. The molecule has 2 unspecified atom stereocenters. The van der Waals surface area contributed by atoms with Crippen LogP contribution >= 0.6 is 0 Å². The number of hydrogen-bond donors (Lipinski definition) is 1. The summed E-state index contributed by atoms with van der Waals surface area (Å²) < 4.78 is 0. The van der Waals surface area contributed by atoms with Crippen LogP contribution < -0.4 is 5.32 Å². The molecule has 0 aliphatic carbocycles. The number of carbonyl (C=O) groups is 1. The van der Waals surface area contributed by atoms with Gasteiger partial charge in [-0.05, 0) is 39.7 Å². The summed E-state index contributed by atoms with van der Waals surface area (Å²) in [5.74, 6) is 0.558. The van der Waals surface area contributed by atoms with E-state index in [1.54, 1.807) is 6.92 Å². The van der Waals surface area contributed by atoms with Gasteiger partial charge in [0.15, 0.2) is 0 Å². The number of nitrogens with one attached hydrogen (secondary N) is 1. The minimum Gasteiger partial charge on any atom is -0.314 e. The first kappa shape index (κ1) is 17.0. The number of carbonyl (C=O) groups excluding carboxylic acids is 1. The molecule has 0 heterocycles. The molecule has 15 heavy (non-hydrogen) atoms. The molecular formula is C13H29NO. The van der Waals surface area contributed by atoms with Gasteiger partial charge in [-0.15, -0.1) is 0 Å². The topological polar surface area (TPSA) is 29.1 Å². The fourth-order valence-electron chi connectivity index (χ4n) is 0.823. The summed E-state index contributed by atoms with van der Waals surface area (Å²) in [6.45, 7) is 13.4. The highest BCUT2D eigenvalue weighted by atomic mass is 16.1. The molecule has 0 amide bonds. The van der Waals surface area contributed by atoms with Crippen LogP contribution in [-0.4, -0.2) is 18.4 Å². The molecule has 0 aromatic rings. The average molecular weight is 215 g/mol. The Morgan fingerprint density at radius 1 is 1.13 bits per heavy atom. The van der Waals surface area contributed by atoms with Crippen molar-refractivity contribution in [3.63, 3.8) is 0 Å². The zero-order valence-electron chi connectivity index (χ0n) is 11.4. The molecule has 0 spiro atoms. The van der Waals surface area contributed by atoms with Crippen LogP contribution in [0.1, 0.15) is 60.8 Å². The molecule has 0 fully saturated rings. The number of hydrogen-bond acceptors (Lipinski definition) is 2. The SMILES string of the molecule is CCC(C)C(C)=O.CCCNC(C)CC. The van der Waals surface area contributed by atoms with E-state index in [4.69, 9.17) is 0 Å². The summed E-state index contributed by atoms with van der Waals surface area (Å²) in [5.41, 5.74) is 0. The highest BCUT2D eigenvalue weighted by molar-refractivity contribution is 5.77. The van der Waals surface area contributed by atoms with E-state index in [1.807, 2.05) is 13.8 Å². The van der Waals surface area contributed by atoms with Crippen LogP contribution in [0.25, 0.3) is 0 Å². The maximum absolute atomic E-state index is 10.4. The highest BCUT2D eigenvalue weighted by Gasteiger charge is 2.01. The van der Waals surface area contributed by atoms with Crippen LogP contribution in [0.15, 0.2) is 0 Å². The van der Waals surface area contributed by atoms with Crippen molar-refractivity contribution < 1.29 is 4.79 Å². The molecule has 0 aromatic heterocycles. The van der Waals surface area contributed by atoms with Gasteiger partial charge in [0.05, 0.1) is 0 Å². The van der Waals surface area contributed by atoms with Crippen LogP contribution in [0, 0.1) is 5.92 Å². The van der Waals surface area contributed by atoms with Crippen LogP contribution in [0.2, 0.25) is 0 Å². The van der Waals surface area contributed by atoms with Gasteiger partial charge in [-0.25, -0.2) is 0 Å². The Morgan fingerprint density at radius 2 is 1.67 bits per heavy atom. The summed E-state index contributed by atoms with van der Waals surface area (Å²) in [4.78, 5) is 10.4. The minimum atomic E-state index is 0.264. The maximum Gasteiger partial charge on any atom is 0.132 e. The Balaban J connectivity index is 0.